The third-order valence-corrected chi connectivity index (χ3v) is 5.46. The third-order valence-electron chi connectivity index (χ3n) is 5.46. The van der Waals surface area contributed by atoms with E-state index in [0.29, 0.717) is 11.8 Å². The molecule has 0 spiro atoms. The third kappa shape index (κ3) is 3.68. The molecule has 5 heteroatoms. The van der Waals surface area contributed by atoms with Crippen LogP contribution in [0.25, 0.3) is 0 Å². The number of aliphatic hydroxyl groups excluding tert-OH is 1. The zero-order chi connectivity index (χ0) is 18.1. The number of aliphatic hydroxyl groups is 1. The minimum atomic E-state index is 0.00637. The topological polar surface area (TPSA) is 61.3 Å². The van der Waals surface area contributed by atoms with Gasteiger partial charge in [-0.3, -0.25) is 0 Å². The number of hydrogen-bond acceptors (Lipinski definition) is 5. The Morgan fingerprint density at radius 2 is 1.96 bits per heavy atom. The van der Waals surface area contributed by atoms with E-state index in [0.717, 1.165) is 37.0 Å². The Kier molecular flexibility index (Phi) is 4.81. The van der Waals surface area contributed by atoms with Gasteiger partial charge < -0.3 is 15.3 Å². The normalized spacial score (nSPS) is 17.9. The van der Waals surface area contributed by atoms with Gasteiger partial charge in [0, 0.05) is 25.1 Å². The summed E-state index contributed by atoms with van der Waals surface area (Å²) in [6.45, 7) is 6.20. The highest BCUT2D eigenvalue weighted by Crippen LogP contribution is 2.39. The number of rotatable bonds is 6. The molecule has 1 atom stereocenters. The largest absolute Gasteiger partial charge is 0.394 e. The summed E-state index contributed by atoms with van der Waals surface area (Å²) < 4.78 is 0. The number of nitrogens with zero attached hydrogens (tertiary/aromatic N) is 3. The molecule has 138 valence electrons. The highest BCUT2D eigenvalue weighted by atomic mass is 16.3. The van der Waals surface area contributed by atoms with Crippen LogP contribution in [0.5, 0.6) is 0 Å². The Morgan fingerprint density at radius 1 is 1.19 bits per heavy atom. The van der Waals surface area contributed by atoms with E-state index in [9.17, 15) is 5.11 Å². The lowest BCUT2D eigenvalue weighted by molar-refractivity contribution is 0.249. The standard InChI is InChI=1S/C21H28N4O/c1-14(2)18(13-26)22-19-11-20(24-21(23-19)16-7-8-16)25-10-9-15-5-3-4-6-17(15)12-25/h3-6,11,14,16,18,26H,7-10,12-13H2,1-2H3,(H,22,23,24)/t18-/m0/s1. The van der Waals surface area contributed by atoms with Crippen LogP contribution in [0.2, 0.25) is 0 Å². The Hall–Kier alpha value is -2.14. The number of aromatic nitrogens is 2. The van der Waals surface area contributed by atoms with Crippen LogP contribution >= 0.6 is 0 Å². The first-order valence-corrected chi connectivity index (χ1v) is 9.72. The number of nitrogens with one attached hydrogen (secondary N) is 1. The van der Waals surface area contributed by atoms with Crippen LogP contribution in [-0.4, -0.2) is 34.3 Å². The average molecular weight is 352 g/mol. The molecule has 5 nitrogen and oxygen atoms in total. The van der Waals surface area contributed by atoms with Crippen LogP contribution in [0.1, 0.15) is 49.6 Å². The smallest absolute Gasteiger partial charge is 0.136 e. The highest BCUT2D eigenvalue weighted by Gasteiger charge is 2.29. The van der Waals surface area contributed by atoms with Gasteiger partial charge in [-0.2, -0.15) is 0 Å². The molecule has 1 aliphatic heterocycles. The minimum absolute atomic E-state index is 0.00637. The van der Waals surface area contributed by atoms with Crippen molar-refractivity contribution in [2.24, 2.45) is 5.92 Å². The summed E-state index contributed by atoms with van der Waals surface area (Å²) in [4.78, 5) is 12.0. The second-order valence-electron chi connectivity index (χ2n) is 7.86. The van der Waals surface area contributed by atoms with E-state index in [1.807, 2.05) is 6.07 Å². The molecule has 0 amide bonds. The Morgan fingerprint density at radius 3 is 2.65 bits per heavy atom. The van der Waals surface area contributed by atoms with Crippen molar-refractivity contribution in [3.8, 4) is 0 Å². The van der Waals surface area contributed by atoms with Gasteiger partial charge >= 0.3 is 0 Å². The fourth-order valence-corrected chi connectivity index (χ4v) is 3.52. The molecule has 4 rings (SSSR count). The summed E-state index contributed by atoms with van der Waals surface area (Å²) >= 11 is 0. The molecule has 0 saturated heterocycles. The lowest BCUT2D eigenvalue weighted by Gasteiger charge is -2.30. The van der Waals surface area contributed by atoms with Gasteiger partial charge in [0.25, 0.3) is 0 Å². The summed E-state index contributed by atoms with van der Waals surface area (Å²) in [6.07, 6.45) is 3.41. The maximum atomic E-state index is 9.66. The predicted octanol–water partition coefficient (Wildman–Crippen LogP) is 3.35. The van der Waals surface area contributed by atoms with E-state index in [-0.39, 0.29) is 12.6 Å². The van der Waals surface area contributed by atoms with E-state index in [1.54, 1.807) is 0 Å². The molecule has 0 radical (unpaired) electrons. The number of fused-ring (bicyclic) bond motifs is 1. The van der Waals surface area contributed by atoms with Crippen molar-refractivity contribution in [2.75, 3.05) is 23.4 Å². The van der Waals surface area contributed by atoms with Crippen LogP contribution in [0.15, 0.2) is 30.3 Å². The molecule has 2 aromatic rings. The van der Waals surface area contributed by atoms with E-state index in [4.69, 9.17) is 9.97 Å². The molecule has 1 aliphatic carbocycles. The van der Waals surface area contributed by atoms with Gasteiger partial charge in [0.2, 0.25) is 0 Å². The molecule has 1 fully saturated rings. The molecule has 1 aromatic carbocycles. The first-order valence-electron chi connectivity index (χ1n) is 9.72. The summed E-state index contributed by atoms with van der Waals surface area (Å²) in [6, 6.07) is 10.7. The SMILES string of the molecule is CC(C)[C@H](CO)Nc1cc(N2CCc3ccccc3C2)nc(C2CC2)n1. The van der Waals surface area contributed by atoms with Crippen LogP contribution in [-0.2, 0) is 13.0 Å². The predicted molar refractivity (Wildman–Crippen MR) is 105 cm³/mol. The van der Waals surface area contributed by atoms with Gasteiger partial charge in [-0.05, 0) is 36.3 Å². The molecule has 2 heterocycles. The summed E-state index contributed by atoms with van der Waals surface area (Å²) in [5.41, 5.74) is 2.83. The Bertz CT molecular complexity index is 772. The molecule has 0 unspecified atom stereocenters. The zero-order valence-corrected chi connectivity index (χ0v) is 15.7. The van der Waals surface area contributed by atoms with Crippen molar-refractivity contribution in [3.05, 3.63) is 47.3 Å². The summed E-state index contributed by atoms with van der Waals surface area (Å²) in [5, 5.41) is 13.1. The van der Waals surface area contributed by atoms with Crippen molar-refractivity contribution < 1.29 is 5.11 Å². The van der Waals surface area contributed by atoms with Gasteiger partial charge in [-0.25, -0.2) is 9.97 Å². The van der Waals surface area contributed by atoms with Crippen molar-refractivity contribution in [3.63, 3.8) is 0 Å². The van der Waals surface area contributed by atoms with E-state index in [2.05, 4.69) is 48.3 Å². The van der Waals surface area contributed by atoms with Gasteiger partial charge in [0.15, 0.2) is 0 Å². The fraction of sp³-hybridized carbons (Fsp3) is 0.524. The minimum Gasteiger partial charge on any atom is -0.394 e. The molecule has 1 aromatic heterocycles. The van der Waals surface area contributed by atoms with Crippen molar-refractivity contribution in [1.82, 2.24) is 9.97 Å². The van der Waals surface area contributed by atoms with Gasteiger partial charge in [0.1, 0.15) is 17.5 Å². The van der Waals surface area contributed by atoms with Gasteiger partial charge in [-0.1, -0.05) is 38.1 Å². The maximum Gasteiger partial charge on any atom is 0.136 e. The Balaban J connectivity index is 1.61. The van der Waals surface area contributed by atoms with Gasteiger partial charge in [-0.15, -0.1) is 0 Å². The maximum absolute atomic E-state index is 9.66. The lowest BCUT2D eigenvalue weighted by atomic mass is 10.00. The van der Waals surface area contributed by atoms with Crippen LogP contribution < -0.4 is 10.2 Å². The molecule has 2 N–H and O–H groups in total. The van der Waals surface area contributed by atoms with Crippen LogP contribution in [0.3, 0.4) is 0 Å². The number of benzene rings is 1. The van der Waals surface area contributed by atoms with Gasteiger partial charge in [0.05, 0.1) is 12.6 Å². The van der Waals surface area contributed by atoms with E-state index in [1.165, 1.54) is 24.0 Å². The van der Waals surface area contributed by atoms with Crippen molar-refractivity contribution in [2.45, 2.75) is 51.6 Å². The van der Waals surface area contributed by atoms with Crippen LogP contribution in [0.4, 0.5) is 11.6 Å². The quantitative estimate of drug-likeness (QED) is 0.835. The Labute approximate surface area is 155 Å². The number of anilines is 2. The second-order valence-corrected chi connectivity index (χ2v) is 7.86. The molecule has 26 heavy (non-hydrogen) atoms. The highest BCUT2D eigenvalue weighted by molar-refractivity contribution is 5.52. The first-order chi connectivity index (χ1) is 12.6. The lowest BCUT2D eigenvalue weighted by Crippen LogP contribution is -2.32. The average Bonchev–Trinajstić information content (AvgIpc) is 3.50. The summed E-state index contributed by atoms with van der Waals surface area (Å²) in [5.74, 6) is 3.62. The van der Waals surface area contributed by atoms with Crippen molar-refractivity contribution in [1.29, 1.82) is 0 Å². The first kappa shape index (κ1) is 17.3. The molecule has 2 aliphatic rings. The monoisotopic (exact) mass is 352 g/mol. The fourth-order valence-electron chi connectivity index (χ4n) is 3.52. The van der Waals surface area contributed by atoms with E-state index >= 15 is 0 Å². The molecular weight excluding hydrogens is 324 g/mol. The zero-order valence-electron chi connectivity index (χ0n) is 15.7. The van der Waals surface area contributed by atoms with Crippen molar-refractivity contribution >= 4 is 11.6 Å². The summed E-state index contributed by atoms with van der Waals surface area (Å²) in [7, 11) is 0. The molecule has 1 saturated carbocycles. The van der Waals surface area contributed by atoms with E-state index < -0.39 is 0 Å². The molecule has 0 bridgehead atoms. The molecular formula is C21H28N4O. The second kappa shape index (κ2) is 7.23. The van der Waals surface area contributed by atoms with Crippen LogP contribution in [0, 0.1) is 5.92 Å². The number of hydrogen-bond donors (Lipinski definition) is 2.